The van der Waals surface area contributed by atoms with Gasteiger partial charge in [-0.3, -0.25) is 9.69 Å². The normalized spacial score (nSPS) is 33.6. The fraction of sp³-hybridized carbons (Fsp3) is 0.909. The van der Waals surface area contributed by atoms with Crippen LogP contribution in [0.5, 0.6) is 0 Å². The van der Waals surface area contributed by atoms with Crippen molar-refractivity contribution in [2.75, 3.05) is 20.1 Å². The summed E-state index contributed by atoms with van der Waals surface area (Å²) in [6.07, 6.45) is 3.60. The molecule has 86 valence electrons. The summed E-state index contributed by atoms with van der Waals surface area (Å²) < 4.78 is 0. The molecule has 4 heteroatoms. The molecule has 15 heavy (non-hydrogen) atoms. The van der Waals surface area contributed by atoms with E-state index in [0.717, 1.165) is 19.5 Å². The monoisotopic (exact) mass is 211 g/mol. The van der Waals surface area contributed by atoms with Crippen molar-refractivity contribution in [3.8, 4) is 0 Å². The number of rotatable bonds is 3. The van der Waals surface area contributed by atoms with Gasteiger partial charge >= 0.3 is 0 Å². The summed E-state index contributed by atoms with van der Waals surface area (Å²) in [7, 11) is 1.91. The Bertz CT molecular complexity index is 240. The molecule has 0 aromatic rings. The van der Waals surface area contributed by atoms with E-state index in [0.29, 0.717) is 12.1 Å². The van der Waals surface area contributed by atoms with Gasteiger partial charge in [0.1, 0.15) is 6.04 Å². The summed E-state index contributed by atoms with van der Waals surface area (Å²) in [6, 6.07) is 1.21. The van der Waals surface area contributed by atoms with Crippen LogP contribution in [0.25, 0.3) is 0 Å². The third kappa shape index (κ3) is 2.32. The van der Waals surface area contributed by atoms with Crippen LogP contribution in [-0.4, -0.2) is 49.1 Å². The molecule has 4 nitrogen and oxygen atoms in total. The maximum absolute atomic E-state index is 11.9. The summed E-state index contributed by atoms with van der Waals surface area (Å²) in [5, 5.41) is 6.13. The minimum atomic E-state index is 0.0278. The van der Waals surface area contributed by atoms with Crippen molar-refractivity contribution in [3.63, 3.8) is 0 Å². The van der Waals surface area contributed by atoms with Crippen LogP contribution in [0.3, 0.4) is 0 Å². The molecule has 2 aliphatic rings. The van der Waals surface area contributed by atoms with Gasteiger partial charge in [-0.1, -0.05) is 0 Å². The van der Waals surface area contributed by atoms with E-state index in [1.54, 1.807) is 0 Å². The molecule has 1 amide bonds. The zero-order chi connectivity index (χ0) is 10.8. The molecule has 1 saturated carbocycles. The van der Waals surface area contributed by atoms with Crippen molar-refractivity contribution in [2.24, 2.45) is 0 Å². The van der Waals surface area contributed by atoms with Gasteiger partial charge in [-0.15, -0.1) is 0 Å². The fourth-order valence-corrected chi connectivity index (χ4v) is 2.49. The van der Waals surface area contributed by atoms with E-state index < -0.39 is 0 Å². The molecule has 0 radical (unpaired) electrons. The highest BCUT2D eigenvalue weighted by atomic mass is 16.2. The van der Waals surface area contributed by atoms with Crippen LogP contribution in [0.1, 0.15) is 26.2 Å². The van der Waals surface area contributed by atoms with E-state index in [1.807, 2.05) is 7.05 Å². The molecule has 2 atom stereocenters. The number of nitrogens with one attached hydrogen (secondary N) is 2. The van der Waals surface area contributed by atoms with Crippen LogP contribution < -0.4 is 10.6 Å². The lowest BCUT2D eigenvalue weighted by Crippen LogP contribution is -2.52. The highest BCUT2D eigenvalue weighted by molar-refractivity contribution is 5.82. The molecule has 2 unspecified atom stereocenters. The Balaban J connectivity index is 2.12. The first-order valence-corrected chi connectivity index (χ1v) is 5.93. The van der Waals surface area contributed by atoms with Gasteiger partial charge in [-0.05, 0) is 33.2 Å². The molecule has 2 rings (SSSR count). The molecule has 0 spiro atoms. The third-order valence-corrected chi connectivity index (χ3v) is 3.40. The van der Waals surface area contributed by atoms with Gasteiger partial charge in [0.15, 0.2) is 0 Å². The smallest absolute Gasteiger partial charge is 0.238 e. The van der Waals surface area contributed by atoms with Crippen molar-refractivity contribution < 1.29 is 4.79 Å². The van der Waals surface area contributed by atoms with E-state index in [-0.39, 0.29) is 11.9 Å². The first-order valence-electron chi connectivity index (χ1n) is 5.93. The second-order valence-electron chi connectivity index (χ2n) is 4.68. The summed E-state index contributed by atoms with van der Waals surface area (Å²) in [5.74, 6) is 0.195. The third-order valence-electron chi connectivity index (χ3n) is 3.40. The lowest BCUT2D eigenvalue weighted by molar-refractivity contribution is -0.126. The largest absolute Gasteiger partial charge is 0.355 e. The highest BCUT2D eigenvalue weighted by Gasteiger charge is 2.40. The number of amides is 1. The van der Waals surface area contributed by atoms with Crippen molar-refractivity contribution in [3.05, 3.63) is 0 Å². The SMILES string of the molecule is CNCC1C(=O)NCCC(C)N1C1CC1. The maximum atomic E-state index is 11.9. The quantitative estimate of drug-likeness (QED) is 0.688. The zero-order valence-electron chi connectivity index (χ0n) is 9.62. The van der Waals surface area contributed by atoms with E-state index in [2.05, 4.69) is 22.5 Å². The van der Waals surface area contributed by atoms with Crippen LogP contribution in [0.4, 0.5) is 0 Å². The van der Waals surface area contributed by atoms with Gasteiger partial charge in [0.2, 0.25) is 5.91 Å². The molecule has 0 aromatic carbocycles. The molecule has 1 saturated heterocycles. The van der Waals surface area contributed by atoms with Crippen LogP contribution in [0, 0.1) is 0 Å². The molecule has 0 aromatic heterocycles. The molecular formula is C11H21N3O. The van der Waals surface area contributed by atoms with Crippen LogP contribution in [0.15, 0.2) is 0 Å². The lowest BCUT2D eigenvalue weighted by atomic mass is 10.1. The molecule has 2 N–H and O–H groups in total. The Morgan fingerprint density at radius 1 is 1.47 bits per heavy atom. The van der Waals surface area contributed by atoms with Gasteiger partial charge in [0, 0.05) is 25.2 Å². The second kappa shape index (κ2) is 4.49. The van der Waals surface area contributed by atoms with Crippen molar-refractivity contribution in [1.82, 2.24) is 15.5 Å². The average molecular weight is 211 g/mol. The standard InChI is InChI=1S/C11H21N3O/c1-8-5-6-13-11(15)10(7-12-2)14(8)9-3-4-9/h8-10,12H,3-7H2,1-2H3,(H,13,15). The second-order valence-corrected chi connectivity index (χ2v) is 4.68. The summed E-state index contributed by atoms with van der Waals surface area (Å²) in [6.45, 7) is 3.82. The Hall–Kier alpha value is -0.610. The minimum Gasteiger partial charge on any atom is -0.355 e. The Morgan fingerprint density at radius 3 is 2.80 bits per heavy atom. The average Bonchev–Trinajstić information content (AvgIpc) is 3.00. The van der Waals surface area contributed by atoms with Gasteiger partial charge in [0.05, 0.1) is 0 Å². The van der Waals surface area contributed by atoms with Gasteiger partial charge in [0.25, 0.3) is 0 Å². The lowest BCUT2D eigenvalue weighted by Gasteiger charge is -2.33. The molecule has 2 fully saturated rings. The van der Waals surface area contributed by atoms with Crippen molar-refractivity contribution in [1.29, 1.82) is 0 Å². The van der Waals surface area contributed by atoms with Crippen LogP contribution in [-0.2, 0) is 4.79 Å². The zero-order valence-corrected chi connectivity index (χ0v) is 9.62. The van der Waals surface area contributed by atoms with Crippen molar-refractivity contribution >= 4 is 5.91 Å². The topological polar surface area (TPSA) is 44.4 Å². The summed E-state index contributed by atoms with van der Waals surface area (Å²) in [4.78, 5) is 14.3. The predicted octanol–water partition coefficient (Wildman–Crippen LogP) is -0.0528. The molecule has 0 bridgehead atoms. The fourth-order valence-electron chi connectivity index (χ4n) is 2.49. The Labute approximate surface area is 91.4 Å². The number of nitrogens with zero attached hydrogens (tertiary/aromatic N) is 1. The molecule has 1 heterocycles. The summed E-state index contributed by atoms with van der Waals surface area (Å²) >= 11 is 0. The first kappa shape index (κ1) is 10.9. The number of carbonyl (C=O) groups is 1. The van der Waals surface area contributed by atoms with Gasteiger partial charge < -0.3 is 10.6 Å². The number of hydrogen-bond acceptors (Lipinski definition) is 3. The minimum absolute atomic E-state index is 0.0278. The molecule has 1 aliphatic heterocycles. The van der Waals surface area contributed by atoms with Crippen LogP contribution in [0.2, 0.25) is 0 Å². The van der Waals surface area contributed by atoms with E-state index in [4.69, 9.17) is 0 Å². The van der Waals surface area contributed by atoms with Crippen molar-refractivity contribution in [2.45, 2.75) is 44.3 Å². The van der Waals surface area contributed by atoms with E-state index in [1.165, 1.54) is 12.8 Å². The Kier molecular flexibility index (Phi) is 3.26. The van der Waals surface area contributed by atoms with E-state index >= 15 is 0 Å². The number of hydrogen-bond donors (Lipinski definition) is 2. The van der Waals surface area contributed by atoms with Crippen LogP contribution >= 0.6 is 0 Å². The highest BCUT2D eigenvalue weighted by Crippen LogP contribution is 2.32. The summed E-state index contributed by atoms with van der Waals surface area (Å²) in [5.41, 5.74) is 0. The predicted molar refractivity (Wildman–Crippen MR) is 59.7 cm³/mol. The molecular weight excluding hydrogens is 190 g/mol. The Morgan fingerprint density at radius 2 is 2.20 bits per heavy atom. The van der Waals surface area contributed by atoms with Gasteiger partial charge in [-0.25, -0.2) is 0 Å². The number of likely N-dealkylation sites (N-methyl/N-ethyl adjacent to an activating group) is 1. The van der Waals surface area contributed by atoms with E-state index in [9.17, 15) is 4.79 Å². The first-order chi connectivity index (χ1) is 7.24. The maximum Gasteiger partial charge on any atom is 0.238 e. The van der Waals surface area contributed by atoms with Gasteiger partial charge in [-0.2, -0.15) is 0 Å². The molecule has 1 aliphatic carbocycles. The number of carbonyl (C=O) groups excluding carboxylic acids is 1.